The van der Waals surface area contributed by atoms with E-state index < -0.39 is 12.1 Å². The Balaban J connectivity index is 3.33. The van der Waals surface area contributed by atoms with Gasteiger partial charge in [0.1, 0.15) is 0 Å². The van der Waals surface area contributed by atoms with E-state index in [1.165, 1.54) is 360 Å². The van der Waals surface area contributed by atoms with E-state index in [1.54, 1.807) is 6.08 Å². The highest BCUT2D eigenvalue weighted by Gasteiger charge is 2.18. The normalized spacial score (nSPS) is 12.5. The molecule has 80 heavy (non-hydrogen) atoms. The van der Waals surface area contributed by atoms with E-state index in [9.17, 15) is 19.8 Å². The second-order valence-corrected chi connectivity index (χ2v) is 25.6. The van der Waals surface area contributed by atoms with E-state index in [0.29, 0.717) is 19.4 Å². The Morgan fingerprint density at radius 2 is 0.575 bits per heavy atom. The minimum absolute atomic E-state index is 0.0242. The molecule has 3 N–H and O–H groups in total. The first-order valence-electron chi connectivity index (χ1n) is 37.0. The van der Waals surface area contributed by atoms with Gasteiger partial charge < -0.3 is 20.3 Å². The second-order valence-electron chi connectivity index (χ2n) is 25.6. The summed E-state index contributed by atoms with van der Waals surface area (Å²) in [7, 11) is 0. The number of esters is 1. The Bertz CT molecular complexity index is 1210. The number of hydrogen-bond donors (Lipinski definition) is 3. The molecule has 0 saturated heterocycles. The number of rotatable bonds is 70. The number of unbranched alkanes of at least 4 members (excludes halogenated alkanes) is 59. The lowest BCUT2D eigenvalue weighted by Gasteiger charge is -2.20. The molecule has 0 bridgehead atoms. The molecule has 1 amide bonds. The minimum atomic E-state index is -0.841. The third kappa shape index (κ3) is 65.7. The molecular weight excluding hydrogens is 983 g/mol. The van der Waals surface area contributed by atoms with E-state index in [-0.39, 0.29) is 18.5 Å². The maximum absolute atomic E-state index is 12.5. The lowest BCUT2D eigenvalue weighted by atomic mass is 10.0. The molecule has 0 aromatic heterocycles. The van der Waals surface area contributed by atoms with Crippen molar-refractivity contribution in [3.05, 3.63) is 12.2 Å². The van der Waals surface area contributed by atoms with Gasteiger partial charge in [0, 0.05) is 12.8 Å². The van der Waals surface area contributed by atoms with Crippen LogP contribution in [-0.4, -0.2) is 47.4 Å². The third-order valence-electron chi connectivity index (χ3n) is 17.6. The summed E-state index contributed by atoms with van der Waals surface area (Å²) in [5.74, 6) is -0.0354. The van der Waals surface area contributed by atoms with Gasteiger partial charge in [-0.3, -0.25) is 9.59 Å². The maximum atomic E-state index is 12.5. The predicted octanol–water partition coefficient (Wildman–Crippen LogP) is 23.9. The molecule has 0 radical (unpaired) electrons. The molecule has 2 unspecified atom stereocenters. The Hall–Kier alpha value is -1.40. The Labute approximate surface area is 501 Å². The number of allylic oxidation sites excluding steroid dienone is 1. The number of carbonyl (C=O) groups excluding carboxylic acids is 2. The Morgan fingerprint density at radius 1 is 0.338 bits per heavy atom. The molecule has 476 valence electrons. The average molecular weight is 1130 g/mol. The molecule has 0 aliphatic carbocycles. The highest BCUT2D eigenvalue weighted by molar-refractivity contribution is 5.76. The smallest absolute Gasteiger partial charge is 0.305 e. The van der Waals surface area contributed by atoms with Crippen molar-refractivity contribution >= 4 is 11.9 Å². The lowest BCUT2D eigenvalue weighted by Crippen LogP contribution is -2.45. The summed E-state index contributed by atoms with van der Waals surface area (Å²) in [4.78, 5) is 24.6. The van der Waals surface area contributed by atoms with Gasteiger partial charge >= 0.3 is 5.97 Å². The number of hydrogen-bond acceptors (Lipinski definition) is 5. The molecule has 0 saturated carbocycles. The summed E-state index contributed by atoms with van der Waals surface area (Å²) in [5.41, 5.74) is 0. The number of amides is 1. The average Bonchev–Trinajstić information content (AvgIpc) is 3.46. The van der Waals surface area contributed by atoms with Crippen molar-refractivity contribution in [3.8, 4) is 0 Å². The summed E-state index contributed by atoms with van der Waals surface area (Å²) < 4.78 is 5.50. The van der Waals surface area contributed by atoms with Gasteiger partial charge in [-0.15, -0.1) is 0 Å². The summed E-state index contributed by atoms with van der Waals surface area (Å²) in [6, 6.07) is -0.624. The molecule has 0 aromatic carbocycles. The van der Waals surface area contributed by atoms with Crippen LogP contribution in [0.1, 0.15) is 425 Å². The fraction of sp³-hybridized carbons (Fsp3) is 0.946. The van der Waals surface area contributed by atoms with Gasteiger partial charge in [0.2, 0.25) is 5.91 Å². The number of aliphatic hydroxyl groups excluding tert-OH is 2. The summed E-state index contributed by atoms with van der Waals surface area (Å²) in [6.07, 6.45) is 87.4. The summed E-state index contributed by atoms with van der Waals surface area (Å²) in [6.45, 7) is 4.95. The molecule has 0 rings (SSSR count). The van der Waals surface area contributed by atoms with Crippen LogP contribution in [-0.2, 0) is 14.3 Å². The molecule has 2 atom stereocenters. The maximum Gasteiger partial charge on any atom is 0.305 e. The quantitative estimate of drug-likeness (QED) is 0.0320. The Kier molecular flexibility index (Phi) is 68.9. The summed E-state index contributed by atoms with van der Waals surface area (Å²) >= 11 is 0. The van der Waals surface area contributed by atoms with Crippen LogP contribution in [0.3, 0.4) is 0 Å². The number of aliphatic hydroxyl groups is 2. The first-order valence-corrected chi connectivity index (χ1v) is 37.0. The van der Waals surface area contributed by atoms with Crippen molar-refractivity contribution in [2.75, 3.05) is 13.2 Å². The van der Waals surface area contributed by atoms with E-state index in [0.717, 1.165) is 38.5 Å². The van der Waals surface area contributed by atoms with Gasteiger partial charge in [-0.05, 0) is 32.1 Å². The second kappa shape index (κ2) is 70.1. The standard InChI is InChI=1S/C74H145NO5/c1-3-5-7-9-11-13-15-17-19-36-39-42-46-50-54-58-62-66-72(77)71(70-76)75-73(78)67-63-59-55-51-47-43-40-37-34-32-30-28-26-24-22-20-21-23-25-27-29-31-33-35-38-41-45-49-53-57-61-65-69-80-74(79)68-64-60-56-52-48-44-18-16-14-12-10-8-6-4-2/h62,66,71-72,76-77H,3-61,63-65,67-70H2,1-2H3,(H,75,78)/b66-62+. The van der Waals surface area contributed by atoms with Gasteiger partial charge in [0.25, 0.3) is 0 Å². The lowest BCUT2D eigenvalue weighted by molar-refractivity contribution is -0.143. The van der Waals surface area contributed by atoms with E-state index in [4.69, 9.17) is 4.74 Å². The molecule has 6 nitrogen and oxygen atoms in total. The van der Waals surface area contributed by atoms with Gasteiger partial charge in [-0.1, -0.05) is 392 Å². The van der Waals surface area contributed by atoms with Crippen molar-refractivity contribution in [3.63, 3.8) is 0 Å². The highest BCUT2D eigenvalue weighted by Crippen LogP contribution is 2.20. The van der Waals surface area contributed by atoms with Crippen LogP contribution >= 0.6 is 0 Å². The number of nitrogens with one attached hydrogen (secondary N) is 1. The Morgan fingerprint density at radius 3 is 0.850 bits per heavy atom. The van der Waals surface area contributed by atoms with Crippen molar-refractivity contribution in [1.82, 2.24) is 5.32 Å². The van der Waals surface area contributed by atoms with Crippen LogP contribution in [0.25, 0.3) is 0 Å². The van der Waals surface area contributed by atoms with Gasteiger partial charge in [-0.25, -0.2) is 0 Å². The van der Waals surface area contributed by atoms with Gasteiger partial charge in [-0.2, -0.15) is 0 Å². The number of ether oxygens (including phenoxy) is 1. The minimum Gasteiger partial charge on any atom is -0.466 e. The van der Waals surface area contributed by atoms with Crippen LogP contribution in [0, 0.1) is 0 Å². The summed E-state index contributed by atoms with van der Waals surface area (Å²) in [5, 5.41) is 23.2. The molecule has 0 aliphatic rings. The zero-order chi connectivity index (χ0) is 57.8. The largest absolute Gasteiger partial charge is 0.466 e. The first-order chi connectivity index (χ1) is 39.5. The third-order valence-corrected chi connectivity index (χ3v) is 17.6. The van der Waals surface area contributed by atoms with Crippen molar-refractivity contribution in [2.45, 2.75) is 437 Å². The van der Waals surface area contributed by atoms with Crippen LogP contribution in [0.2, 0.25) is 0 Å². The van der Waals surface area contributed by atoms with Crippen LogP contribution in [0.5, 0.6) is 0 Å². The molecule has 0 aromatic rings. The zero-order valence-corrected chi connectivity index (χ0v) is 54.6. The molecule has 0 aliphatic heterocycles. The molecular formula is C74H145NO5. The van der Waals surface area contributed by atoms with Crippen LogP contribution < -0.4 is 5.32 Å². The van der Waals surface area contributed by atoms with E-state index >= 15 is 0 Å². The monoisotopic (exact) mass is 1130 g/mol. The molecule has 6 heteroatoms. The highest BCUT2D eigenvalue weighted by atomic mass is 16.5. The van der Waals surface area contributed by atoms with E-state index in [2.05, 4.69) is 19.2 Å². The van der Waals surface area contributed by atoms with E-state index in [1.807, 2.05) is 6.08 Å². The van der Waals surface area contributed by atoms with Gasteiger partial charge in [0.15, 0.2) is 0 Å². The van der Waals surface area contributed by atoms with Crippen molar-refractivity contribution in [2.24, 2.45) is 0 Å². The SMILES string of the molecule is CCCCCCCCCCCCCCCCC/C=C/C(O)C(CO)NC(=O)CCCCCCCCCCCCCCCCCCCCCCCCCCCCCCCCCCOC(=O)CCCCCCCCCCCCCCCC. The predicted molar refractivity (Wildman–Crippen MR) is 352 cm³/mol. The van der Waals surface area contributed by atoms with Gasteiger partial charge in [0.05, 0.1) is 25.4 Å². The zero-order valence-electron chi connectivity index (χ0n) is 54.6. The molecule has 0 fully saturated rings. The fourth-order valence-electron chi connectivity index (χ4n) is 11.9. The topological polar surface area (TPSA) is 95.9 Å². The van der Waals surface area contributed by atoms with Crippen LogP contribution in [0.4, 0.5) is 0 Å². The number of carbonyl (C=O) groups is 2. The van der Waals surface area contributed by atoms with Crippen molar-refractivity contribution < 1.29 is 24.5 Å². The molecule has 0 heterocycles. The fourth-order valence-corrected chi connectivity index (χ4v) is 11.9. The molecule has 0 spiro atoms. The van der Waals surface area contributed by atoms with Crippen LogP contribution in [0.15, 0.2) is 12.2 Å². The van der Waals surface area contributed by atoms with Crippen molar-refractivity contribution in [1.29, 1.82) is 0 Å². The first kappa shape index (κ1) is 78.6.